The lowest BCUT2D eigenvalue weighted by Gasteiger charge is -2.17. The molecule has 1 amide bonds. The lowest BCUT2D eigenvalue weighted by molar-refractivity contribution is -0.116. The maximum absolute atomic E-state index is 12.5. The van der Waals surface area contributed by atoms with Gasteiger partial charge in [-0.2, -0.15) is 4.31 Å². The molecule has 0 aromatic heterocycles. The first-order chi connectivity index (χ1) is 12.6. The van der Waals surface area contributed by atoms with Crippen LogP contribution in [0.3, 0.4) is 0 Å². The molecule has 144 valence electrons. The predicted octanol–water partition coefficient (Wildman–Crippen LogP) is 3.04. The predicted molar refractivity (Wildman–Crippen MR) is 103 cm³/mol. The summed E-state index contributed by atoms with van der Waals surface area (Å²) in [6.45, 7) is -0.455. The number of nitrogens with zero attached hydrogens (tertiary/aromatic N) is 1. The number of carbonyl (C=O) groups excluding carboxylic acids is 2. The fourth-order valence-electron chi connectivity index (χ4n) is 2.13. The minimum absolute atomic E-state index is 0.00733. The molecule has 0 fully saturated rings. The minimum atomic E-state index is -3.87. The number of esters is 1. The zero-order chi connectivity index (χ0) is 20.2. The summed E-state index contributed by atoms with van der Waals surface area (Å²) in [5.74, 6) is -1.22. The molecule has 2 rings (SSSR count). The third-order valence-electron chi connectivity index (χ3n) is 3.55. The van der Waals surface area contributed by atoms with Crippen LogP contribution in [0.15, 0.2) is 47.4 Å². The van der Waals surface area contributed by atoms with Gasteiger partial charge in [0, 0.05) is 12.1 Å². The molecule has 2 aromatic carbocycles. The molecule has 0 aliphatic heterocycles. The van der Waals surface area contributed by atoms with Gasteiger partial charge < -0.3 is 10.1 Å². The molecule has 0 saturated carbocycles. The average molecular weight is 431 g/mol. The highest BCUT2D eigenvalue weighted by Crippen LogP contribution is 2.24. The molecule has 1 N–H and O–H groups in total. The van der Waals surface area contributed by atoms with Gasteiger partial charge in [-0.25, -0.2) is 13.2 Å². The Labute approximate surface area is 166 Å². The third kappa shape index (κ3) is 5.20. The van der Waals surface area contributed by atoms with Gasteiger partial charge in [0.15, 0.2) is 0 Å². The van der Waals surface area contributed by atoms with Crippen molar-refractivity contribution in [2.75, 3.05) is 26.0 Å². The second-order valence-electron chi connectivity index (χ2n) is 5.45. The number of halogens is 2. The van der Waals surface area contributed by atoms with Crippen molar-refractivity contribution in [1.82, 2.24) is 4.31 Å². The van der Waals surface area contributed by atoms with Gasteiger partial charge >= 0.3 is 5.97 Å². The fourth-order valence-corrected chi connectivity index (χ4v) is 3.55. The summed E-state index contributed by atoms with van der Waals surface area (Å²) < 4.78 is 30.5. The number of methoxy groups -OCH3 is 1. The first-order valence-electron chi connectivity index (χ1n) is 7.55. The van der Waals surface area contributed by atoms with Crippen molar-refractivity contribution < 1.29 is 22.7 Å². The van der Waals surface area contributed by atoms with Crippen LogP contribution >= 0.6 is 23.2 Å². The van der Waals surface area contributed by atoms with E-state index in [1.807, 2.05) is 0 Å². The molecule has 0 aliphatic carbocycles. The Hall–Kier alpha value is -2.13. The average Bonchev–Trinajstić information content (AvgIpc) is 2.63. The molecule has 0 unspecified atom stereocenters. The van der Waals surface area contributed by atoms with E-state index < -0.39 is 28.4 Å². The Kier molecular flexibility index (Phi) is 6.83. The topological polar surface area (TPSA) is 92.8 Å². The molecule has 0 atom stereocenters. The Morgan fingerprint density at radius 2 is 1.74 bits per heavy atom. The largest absolute Gasteiger partial charge is 0.465 e. The second-order valence-corrected chi connectivity index (χ2v) is 8.34. The number of benzene rings is 2. The van der Waals surface area contributed by atoms with Gasteiger partial charge in [0.25, 0.3) is 0 Å². The van der Waals surface area contributed by atoms with Crippen molar-refractivity contribution >= 4 is 50.8 Å². The number of likely N-dealkylation sites (N-methyl/N-ethyl adjacent to an activating group) is 1. The van der Waals surface area contributed by atoms with Crippen LogP contribution in [-0.2, 0) is 19.6 Å². The van der Waals surface area contributed by atoms with Crippen molar-refractivity contribution in [3.63, 3.8) is 0 Å². The number of rotatable bonds is 6. The maximum Gasteiger partial charge on any atom is 0.337 e. The smallest absolute Gasteiger partial charge is 0.337 e. The number of nitrogens with one attached hydrogen (secondary N) is 1. The highest BCUT2D eigenvalue weighted by molar-refractivity contribution is 7.89. The summed E-state index contributed by atoms with van der Waals surface area (Å²) in [5, 5.41) is 3.08. The molecular weight excluding hydrogens is 415 g/mol. The Bertz CT molecular complexity index is 962. The van der Waals surface area contributed by atoms with E-state index in [1.165, 1.54) is 56.6 Å². The van der Waals surface area contributed by atoms with Gasteiger partial charge in [0.2, 0.25) is 15.9 Å². The van der Waals surface area contributed by atoms with Crippen LogP contribution in [0.5, 0.6) is 0 Å². The van der Waals surface area contributed by atoms with Crippen LogP contribution < -0.4 is 5.32 Å². The molecule has 0 bridgehead atoms. The van der Waals surface area contributed by atoms with E-state index in [0.717, 1.165) is 4.31 Å². The highest BCUT2D eigenvalue weighted by atomic mass is 35.5. The molecule has 7 nitrogen and oxygen atoms in total. The number of carbonyl (C=O) groups is 2. The van der Waals surface area contributed by atoms with Crippen LogP contribution in [0, 0.1) is 0 Å². The van der Waals surface area contributed by atoms with Gasteiger partial charge in [-0.1, -0.05) is 23.2 Å². The first-order valence-corrected chi connectivity index (χ1v) is 9.74. The number of ether oxygens (including phenoxy) is 1. The summed E-state index contributed by atoms with van der Waals surface area (Å²) in [7, 11) is -1.37. The Morgan fingerprint density at radius 1 is 1.11 bits per heavy atom. The van der Waals surface area contributed by atoms with Gasteiger partial charge in [0.05, 0.1) is 34.8 Å². The molecule has 0 radical (unpaired) electrons. The zero-order valence-corrected chi connectivity index (χ0v) is 16.7. The number of anilines is 1. The van der Waals surface area contributed by atoms with Crippen LogP contribution in [0.1, 0.15) is 10.4 Å². The molecule has 0 saturated heterocycles. The molecule has 27 heavy (non-hydrogen) atoms. The monoisotopic (exact) mass is 430 g/mol. The standard InChI is InChI=1S/C17H16Cl2N2O5S/c1-21(27(24,25)13-6-4-12(18)5-7-13)10-16(22)20-15-9-11(17(23)26-2)3-8-14(15)19/h3-9H,10H2,1-2H3,(H,20,22). The van der Waals surface area contributed by atoms with Gasteiger partial charge in [-0.15, -0.1) is 0 Å². The molecule has 2 aromatic rings. The SMILES string of the molecule is COC(=O)c1ccc(Cl)c(NC(=O)CN(C)S(=O)(=O)c2ccc(Cl)cc2)c1. The number of sulfonamides is 1. The van der Waals surface area contributed by atoms with E-state index in [0.29, 0.717) is 5.02 Å². The highest BCUT2D eigenvalue weighted by Gasteiger charge is 2.23. The summed E-state index contributed by atoms with van der Waals surface area (Å²) in [4.78, 5) is 23.8. The quantitative estimate of drug-likeness (QED) is 0.710. The molecule has 0 heterocycles. The van der Waals surface area contributed by atoms with Gasteiger partial charge in [-0.05, 0) is 42.5 Å². The van der Waals surface area contributed by atoms with Crippen LogP contribution in [0.25, 0.3) is 0 Å². The molecular formula is C17H16Cl2N2O5S. The first kappa shape index (κ1) is 21.2. The molecule has 10 heteroatoms. The van der Waals surface area contributed by atoms with Crippen molar-refractivity contribution in [1.29, 1.82) is 0 Å². The van der Waals surface area contributed by atoms with Crippen LogP contribution in [0.4, 0.5) is 5.69 Å². The second kappa shape index (κ2) is 8.71. The number of hydrogen-bond donors (Lipinski definition) is 1. The lowest BCUT2D eigenvalue weighted by atomic mass is 10.2. The van der Waals surface area contributed by atoms with Crippen molar-refractivity contribution in [3.8, 4) is 0 Å². The van der Waals surface area contributed by atoms with Crippen molar-refractivity contribution in [2.45, 2.75) is 4.90 Å². The van der Waals surface area contributed by atoms with Gasteiger partial charge in [0.1, 0.15) is 0 Å². The summed E-state index contributed by atoms with van der Waals surface area (Å²) in [5.41, 5.74) is 0.362. The normalized spacial score (nSPS) is 11.3. The summed E-state index contributed by atoms with van der Waals surface area (Å²) in [6.07, 6.45) is 0. The molecule has 0 aliphatic rings. The summed E-state index contributed by atoms with van der Waals surface area (Å²) in [6, 6.07) is 9.81. The van der Waals surface area contributed by atoms with E-state index >= 15 is 0 Å². The van der Waals surface area contributed by atoms with Crippen LogP contribution in [0.2, 0.25) is 10.0 Å². The zero-order valence-electron chi connectivity index (χ0n) is 14.4. The summed E-state index contributed by atoms with van der Waals surface area (Å²) >= 11 is 11.8. The van der Waals surface area contributed by atoms with Gasteiger partial charge in [-0.3, -0.25) is 4.79 Å². The van der Waals surface area contributed by atoms with E-state index in [2.05, 4.69) is 10.1 Å². The molecule has 0 spiro atoms. The van der Waals surface area contributed by atoms with E-state index in [1.54, 1.807) is 0 Å². The van der Waals surface area contributed by atoms with Crippen molar-refractivity contribution in [3.05, 3.63) is 58.1 Å². The Morgan fingerprint density at radius 3 is 2.33 bits per heavy atom. The maximum atomic E-state index is 12.5. The number of hydrogen-bond acceptors (Lipinski definition) is 5. The number of amides is 1. The van der Waals surface area contributed by atoms with Crippen LogP contribution in [-0.4, -0.2) is 45.3 Å². The van der Waals surface area contributed by atoms with E-state index in [9.17, 15) is 18.0 Å². The minimum Gasteiger partial charge on any atom is -0.465 e. The lowest BCUT2D eigenvalue weighted by Crippen LogP contribution is -2.35. The fraction of sp³-hybridized carbons (Fsp3) is 0.176. The third-order valence-corrected chi connectivity index (χ3v) is 5.95. The Balaban J connectivity index is 2.13. The van der Waals surface area contributed by atoms with E-state index in [4.69, 9.17) is 23.2 Å². The van der Waals surface area contributed by atoms with Crippen molar-refractivity contribution in [2.24, 2.45) is 0 Å². The van der Waals surface area contributed by atoms with E-state index in [-0.39, 0.29) is 21.2 Å².